The Hall–Kier alpha value is -1.92. The van der Waals surface area contributed by atoms with Crippen molar-refractivity contribution in [3.63, 3.8) is 0 Å². The van der Waals surface area contributed by atoms with Crippen LogP contribution in [0.3, 0.4) is 0 Å². The molecule has 3 N–H and O–H groups in total. The molecule has 106 valence electrons. The number of aliphatic hydroxyl groups is 1. The van der Waals surface area contributed by atoms with Crippen LogP contribution in [-0.4, -0.2) is 17.7 Å². The molecule has 0 fully saturated rings. The van der Waals surface area contributed by atoms with Crippen molar-refractivity contribution in [2.24, 2.45) is 0 Å². The van der Waals surface area contributed by atoms with Crippen molar-refractivity contribution in [2.45, 2.75) is 13.0 Å². The molecule has 0 spiro atoms. The molecule has 0 aliphatic carbocycles. The zero-order valence-electron chi connectivity index (χ0n) is 10.9. The Balaban J connectivity index is 1.86. The second-order valence-corrected chi connectivity index (χ2v) is 5.20. The number of urea groups is 1. The molecule has 6 heteroatoms. The maximum atomic E-state index is 13.2. The first-order valence-corrected chi connectivity index (χ1v) is 7.01. The molecule has 0 aliphatic heterocycles. The van der Waals surface area contributed by atoms with E-state index in [-0.39, 0.29) is 6.54 Å². The van der Waals surface area contributed by atoms with Crippen molar-refractivity contribution >= 4 is 23.1 Å². The molecule has 1 heterocycles. The van der Waals surface area contributed by atoms with Gasteiger partial charge in [-0.25, -0.2) is 9.18 Å². The summed E-state index contributed by atoms with van der Waals surface area (Å²) in [5, 5.41) is 18.6. The number of thiophene rings is 1. The molecule has 4 nitrogen and oxygen atoms in total. The average molecular weight is 294 g/mol. The van der Waals surface area contributed by atoms with E-state index in [0.29, 0.717) is 5.69 Å². The molecular formula is C14H15FN2O2S. The number of anilines is 1. The summed E-state index contributed by atoms with van der Waals surface area (Å²) in [5.41, 5.74) is 1.86. The minimum Gasteiger partial charge on any atom is -0.387 e. The van der Waals surface area contributed by atoms with Crippen LogP contribution in [0.25, 0.3) is 0 Å². The summed E-state index contributed by atoms with van der Waals surface area (Å²) in [7, 11) is 0. The van der Waals surface area contributed by atoms with Gasteiger partial charge in [-0.15, -0.1) is 0 Å². The van der Waals surface area contributed by atoms with Crippen molar-refractivity contribution in [1.29, 1.82) is 0 Å². The molecule has 2 amide bonds. The Morgan fingerprint density at radius 1 is 1.45 bits per heavy atom. The molecule has 0 bridgehead atoms. The van der Waals surface area contributed by atoms with Gasteiger partial charge in [0, 0.05) is 12.2 Å². The van der Waals surface area contributed by atoms with Gasteiger partial charge in [0.1, 0.15) is 5.82 Å². The van der Waals surface area contributed by atoms with Gasteiger partial charge in [-0.2, -0.15) is 11.3 Å². The van der Waals surface area contributed by atoms with E-state index < -0.39 is 18.0 Å². The molecule has 20 heavy (non-hydrogen) atoms. The monoisotopic (exact) mass is 294 g/mol. The van der Waals surface area contributed by atoms with Crippen LogP contribution in [0.1, 0.15) is 17.2 Å². The van der Waals surface area contributed by atoms with E-state index >= 15 is 0 Å². The van der Waals surface area contributed by atoms with Gasteiger partial charge >= 0.3 is 6.03 Å². The van der Waals surface area contributed by atoms with E-state index in [1.54, 1.807) is 19.1 Å². The summed E-state index contributed by atoms with van der Waals surface area (Å²) < 4.78 is 13.2. The van der Waals surface area contributed by atoms with Crippen LogP contribution >= 0.6 is 11.3 Å². The fourth-order valence-corrected chi connectivity index (χ4v) is 2.46. The minimum absolute atomic E-state index is 0.0941. The predicted octanol–water partition coefficient (Wildman–Crippen LogP) is 3.05. The third-order valence-corrected chi connectivity index (χ3v) is 3.39. The molecule has 0 saturated heterocycles. The summed E-state index contributed by atoms with van der Waals surface area (Å²) in [4.78, 5) is 11.7. The maximum Gasteiger partial charge on any atom is 0.319 e. The standard InChI is InChI=1S/C14H15FN2O2S/c1-9-4-11(15)6-12(5-9)17-14(19)16-7-13(18)10-2-3-20-8-10/h2-6,8,13,18H,7H2,1H3,(H2,16,17,19). The van der Waals surface area contributed by atoms with Gasteiger partial charge in [-0.05, 0) is 53.1 Å². The Bertz CT molecular complexity index is 567. The van der Waals surface area contributed by atoms with Gasteiger partial charge in [0.05, 0.1) is 6.10 Å². The number of rotatable bonds is 4. The second kappa shape index (κ2) is 6.49. The summed E-state index contributed by atoms with van der Waals surface area (Å²) in [6.45, 7) is 1.84. The first-order valence-electron chi connectivity index (χ1n) is 6.07. The van der Waals surface area contributed by atoms with Gasteiger partial charge in [-0.3, -0.25) is 0 Å². The van der Waals surface area contributed by atoms with Crippen molar-refractivity contribution in [2.75, 3.05) is 11.9 Å². The fraction of sp³-hybridized carbons (Fsp3) is 0.214. The number of aryl methyl sites for hydroxylation is 1. The molecule has 1 unspecified atom stereocenters. The summed E-state index contributed by atoms with van der Waals surface area (Å²) in [6.07, 6.45) is -0.749. The summed E-state index contributed by atoms with van der Waals surface area (Å²) >= 11 is 1.48. The van der Waals surface area contributed by atoms with Gasteiger partial charge < -0.3 is 15.7 Å². The molecule has 1 atom stereocenters. The number of nitrogens with one attached hydrogen (secondary N) is 2. The van der Waals surface area contributed by atoms with Crippen molar-refractivity contribution < 1.29 is 14.3 Å². The smallest absolute Gasteiger partial charge is 0.319 e. The van der Waals surface area contributed by atoms with E-state index in [1.807, 2.05) is 10.8 Å². The average Bonchev–Trinajstić information content (AvgIpc) is 2.88. The molecule has 1 aromatic heterocycles. The van der Waals surface area contributed by atoms with E-state index in [9.17, 15) is 14.3 Å². The molecule has 0 radical (unpaired) electrons. The maximum absolute atomic E-state index is 13.2. The van der Waals surface area contributed by atoms with Gasteiger partial charge in [0.25, 0.3) is 0 Å². The topological polar surface area (TPSA) is 61.4 Å². The Labute approximate surface area is 120 Å². The Morgan fingerprint density at radius 3 is 2.90 bits per heavy atom. The quantitative estimate of drug-likeness (QED) is 0.811. The largest absolute Gasteiger partial charge is 0.387 e. The molecule has 2 rings (SSSR count). The van der Waals surface area contributed by atoms with Crippen LogP contribution in [0.15, 0.2) is 35.0 Å². The predicted molar refractivity (Wildman–Crippen MR) is 77.4 cm³/mol. The molecule has 2 aromatic rings. The van der Waals surface area contributed by atoms with Crippen LogP contribution in [0.4, 0.5) is 14.9 Å². The Morgan fingerprint density at radius 2 is 2.25 bits per heavy atom. The minimum atomic E-state index is -0.749. The van der Waals surface area contributed by atoms with E-state index in [0.717, 1.165) is 11.1 Å². The number of carbonyl (C=O) groups is 1. The number of carbonyl (C=O) groups excluding carboxylic acids is 1. The highest BCUT2D eigenvalue weighted by molar-refractivity contribution is 7.07. The van der Waals surface area contributed by atoms with Gasteiger partial charge in [-0.1, -0.05) is 0 Å². The van der Waals surface area contributed by atoms with Gasteiger partial charge in [0.15, 0.2) is 0 Å². The van der Waals surface area contributed by atoms with Crippen LogP contribution in [0.2, 0.25) is 0 Å². The highest BCUT2D eigenvalue weighted by atomic mass is 32.1. The van der Waals surface area contributed by atoms with E-state index in [1.165, 1.54) is 23.5 Å². The summed E-state index contributed by atoms with van der Waals surface area (Å²) in [5.74, 6) is -0.404. The second-order valence-electron chi connectivity index (χ2n) is 4.42. The number of halogens is 1. The zero-order chi connectivity index (χ0) is 14.5. The number of amides is 2. The lowest BCUT2D eigenvalue weighted by molar-refractivity contribution is 0.175. The molecule has 1 aromatic carbocycles. The SMILES string of the molecule is Cc1cc(F)cc(NC(=O)NCC(O)c2ccsc2)c1. The Kier molecular flexibility index (Phi) is 4.70. The molecule has 0 aliphatic rings. The lowest BCUT2D eigenvalue weighted by Crippen LogP contribution is -2.32. The number of hydrogen-bond acceptors (Lipinski definition) is 3. The van der Waals surface area contributed by atoms with Crippen LogP contribution < -0.4 is 10.6 Å². The van der Waals surface area contributed by atoms with Gasteiger partial charge in [0.2, 0.25) is 0 Å². The van der Waals surface area contributed by atoms with Crippen LogP contribution in [0.5, 0.6) is 0 Å². The fourth-order valence-electron chi connectivity index (χ4n) is 1.76. The lowest BCUT2D eigenvalue weighted by atomic mass is 10.2. The molecular weight excluding hydrogens is 279 g/mol. The van der Waals surface area contributed by atoms with Crippen molar-refractivity contribution in [3.05, 3.63) is 52.0 Å². The lowest BCUT2D eigenvalue weighted by Gasteiger charge is -2.12. The van der Waals surface area contributed by atoms with Crippen molar-refractivity contribution in [3.8, 4) is 0 Å². The number of benzene rings is 1. The highest BCUT2D eigenvalue weighted by Gasteiger charge is 2.10. The van der Waals surface area contributed by atoms with Crippen LogP contribution in [0, 0.1) is 12.7 Å². The summed E-state index contributed by atoms with van der Waals surface area (Å²) in [6, 6.07) is 5.60. The van der Waals surface area contributed by atoms with Crippen molar-refractivity contribution in [1.82, 2.24) is 5.32 Å². The molecule has 0 saturated carbocycles. The number of hydrogen-bond donors (Lipinski definition) is 3. The number of aliphatic hydroxyl groups excluding tert-OH is 1. The first kappa shape index (κ1) is 14.5. The van der Waals surface area contributed by atoms with E-state index in [2.05, 4.69) is 10.6 Å². The van der Waals surface area contributed by atoms with E-state index in [4.69, 9.17) is 0 Å². The third kappa shape index (κ3) is 4.04. The zero-order valence-corrected chi connectivity index (χ0v) is 11.7. The van der Waals surface area contributed by atoms with Crippen LogP contribution in [-0.2, 0) is 0 Å². The normalized spacial score (nSPS) is 11.9. The first-order chi connectivity index (χ1) is 9.54. The third-order valence-electron chi connectivity index (χ3n) is 2.68. The highest BCUT2D eigenvalue weighted by Crippen LogP contribution is 2.15.